The van der Waals surface area contributed by atoms with Crippen molar-refractivity contribution in [2.24, 2.45) is 4.99 Å². The maximum absolute atomic E-state index is 6.21. The van der Waals surface area contributed by atoms with Gasteiger partial charge < -0.3 is 10.6 Å². The van der Waals surface area contributed by atoms with Crippen molar-refractivity contribution in [2.45, 2.75) is 13.0 Å². The van der Waals surface area contributed by atoms with Gasteiger partial charge in [-0.2, -0.15) is 0 Å². The van der Waals surface area contributed by atoms with Gasteiger partial charge in [-0.05, 0) is 35.7 Å². The second-order valence-corrected chi connectivity index (χ2v) is 6.54. The first kappa shape index (κ1) is 18.0. The molecular formula is C16H17BrCl2N4. The number of aromatic nitrogens is 1. The lowest BCUT2D eigenvalue weighted by Crippen LogP contribution is -2.37. The van der Waals surface area contributed by atoms with Crippen LogP contribution in [0.5, 0.6) is 0 Å². The molecule has 1 aromatic carbocycles. The normalized spacial score (nSPS) is 11.4. The van der Waals surface area contributed by atoms with Crippen molar-refractivity contribution in [3.05, 3.63) is 62.3 Å². The van der Waals surface area contributed by atoms with Gasteiger partial charge in [-0.3, -0.25) is 4.99 Å². The van der Waals surface area contributed by atoms with Gasteiger partial charge >= 0.3 is 0 Å². The molecular weight excluding hydrogens is 399 g/mol. The minimum Gasteiger partial charge on any atom is -0.356 e. The van der Waals surface area contributed by atoms with E-state index in [0.29, 0.717) is 11.7 Å². The third kappa shape index (κ3) is 6.01. The molecule has 0 amide bonds. The molecule has 0 fully saturated rings. The topological polar surface area (TPSA) is 49.3 Å². The molecule has 0 bridgehead atoms. The number of hydrogen-bond donors (Lipinski definition) is 2. The zero-order valence-electron chi connectivity index (χ0n) is 12.6. The van der Waals surface area contributed by atoms with Crippen LogP contribution in [0.15, 0.2) is 46.0 Å². The summed E-state index contributed by atoms with van der Waals surface area (Å²) >= 11 is 15.4. The number of rotatable bonds is 5. The summed E-state index contributed by atoms with van der Waals surface area (Å²) in [4.78, 5) is 8.26. The fraction of sp³-hybridized carbons (Fsp3) is 0.250. The molecule has 122 valence electrons. The highest BCUT2D eigenvalue weighted by Crippen LogP contribution is 2.21. The van der Waals surface area contributed by atoms with Crippen molar-refractivity contribution in [1.82, 2.24) is 15.6 Å². The van der Waals surface area contributed by atoms with Crippen LogP contribution in [-0.4, -0.2) is 24.5 Å². The zero-order chi connectivity index (χ0) is 16.7. The monoisotopic (exact) mass is 414 g/mol. The van der Waals surface area contributed by atoms with Gasteiger partial charge in [-0.15, -0.1) is 0 Å². The van der Waals surface area contributed by atoms with E-state index in [1.54, 1.807) is 19.3 Å². The van der Waals surface area contributed by atoms with Crippen LogP contribution in [0.4, 0.5) is 0 Å². The number of hydrogen-bond acceptors (Lipinski definition) is 2. The number of aliphatic imine (C=N–C) groups is 1. The lowest BCUT2D eigenvalue weighted by atomic mass is 10.2. The Balaban J connectivity index is 1.80. The third-order valence-corrected chi connectivity index (χ3v) is 4.25. The molecule has 0 aliphatic rings. The van der Waals surface area contributed by atoms with Crippen LogP contribution in [-0.2, 0) is 13.0 Å². The van der Waals surface area contributed by atoms with Crippen LogP contribution in [0.3, 0.4) is 0 Å². The van der Waals surface area contributed by atoms with Gasteiger partial charge in [0.2, 0.25) is 0 Å². The van der Waals surface area contributed by atoms with E-state index in [4.69, 9.17) is 23.2 Å². The molecule has 7 heteroatoms. The van der Waals surface area contributed by atoms with Gasteiger partial charge in [0.15, 0.2) is 5.96 Å². The Morgan fingerprint density at radius 3 is 2.70 bits per heavy atom. The van der Waals surface area contributed by atoms with Crippen molar-refractivity contribution >= 4 is 45.1 Å². The maximum atomic E-state index is 6.21. The summed E-state index contributed by atoms with van der Waals surface area (Å²) < 4.78 is 0.963. The molecule has 2 aromatic rings. The number of nitrogens with one attached hydrogen (secondary N) is 2. The van der Waals surface area contributed by atoms with E-state index in [-0.39, 0.29) is 0 Å². The lowest BCUT2D eigenvalue weighted by Gasteiger charge is -2.13. The Morgan fingerprint density at radius 1 is 1.22 bits per heavy atom. The van der Waals surface area contributed by atoms with E-state index in [1.807, 2.05) is 24.3 Å². The molecule has 0 atom stereocenters. The van der Waals surface area contributed by atoms with Crippen LogP contribution in [0.1, 0.15) is 11.1 Å². The van der Waals surface area contributed by atoms with Gasteiger partial charge in [-0.1, -0.05) is 51.3 Å². The first-order valence-electron chi connectivity index (χ1n) is 7.07. The van der Waals surface area contributed by atoms with Gasteiger partial charge in [0.25, 0.3) is 0 Å². The Morgan fingerprint density at radius 2 is 2.04 bits per heavy atom. The van der Waals surface area contributed by atoms with Gasteiger partial charge in [-0.25, -0.2) is 4.98 Å². The molecule has 2 N–H and O–H groups in total. The van der Waals surface area contributed by atoms with Gasteiger partial charge in [0, 0.05) is 35.8 Å². The Kier molecular flexibility index (Phi) is 7.15. The van der Waals surface area contributed by atoms with Gasteiger partial charge in [0.05, 0.1) is 0 Å². The Hall–Kier alpha value is -1.30. The second kappa shape index (κ2) is 9.11. The van der Waals surface area contributed by atoms with E-state index < -0.39 is 0 Å². The summed E-state index contributed by atoms with van der Waals surface area (Å²) in [5.74, 6) is 0.728. The molecule has 1 aromatic heterocycles. The predicted molar refractivity (Wildman–Crippen MR) is 100 cm³/mol. The number of benzene rings is 1. The van der Waals surface area contributed by atoms with E-state index in [9.17, 15) is 0 Å². The van der Waals surface area contributed by atoms with Crippen molar-refractivity contribution in [2.75, 3.05) is 13.6 Å². The molecule has 4 nitrogen and oxygen atoms in total. The minimum absolute atomic E-state index is 0.505. The standard InChI is InChI=1S/C16H17BrCl2N4/c1-20-16(21-7-6-11-2-5-15(19)22-9-11)23-10-12-3-4-13(17)8-14(12)18/h2-5,8-9H,6-7,10H2,1H3,(H2,20,21,23). The highest BCUT2D eigenvalue weighted by Gasteiger charge is 2.03. The van der Waals surface area contributed by atoms with E-state index in [2.05, 4.69) is 36.5 Å². The van der Waals surface area contributed by atoms with E-state index in [0.717, 1.165) is 39.5 Å². The molecule has 0 radical (unpaired) electrons. The minimum atomic E-state index is 0.505. The molecule has 23 heavy (non-hydrogen) atoms. The van der Waals surface area contributed by atoms with Crippen LogP contribution >= 0.6 is 39.1 Å². The summed E-state index contributed by atoms with van der Waals surface area (Å²) in [6, 6.07) is 9.58. The maximum Gasteiger partial charge on any atom is 0.191 e. The Labute approximate surface area is 154 Å². The van der Waals surface area contributed by atoms with Crippen molar-refractivity contribution in [3.63, 3.8) is 0 Å². The van der Waals surface area contributed by atoms with Crippen LogP contribution in [0.25, 0.3) is 0 Å². The predicted octanol–water partition coefficient (Wildman–Crippen LogP) is 4.06. The molecule has 2 rings (SSSR count). The Bertz CT molecular complexity index is 674. The number of nitrogens with zero attached hydrogens (tertiary/aromatic N) is 2. The highest BCUT2D eigenvalue weighted by atomic mass is 79.9. The van der Waals surface area contributed by atoms with Crippen LogP contribution in [0, 0.1) is 0 Å². The average molecular weight is 416 g/mol. The molecule has 0 unspecified atom stereocenters. The third-order valence-electron chi connectivity index (χ3n) is 3.18. The molecule has 0 aliphatic carbocycles. The SMILES string of the molecule is CN=C(NCCc1ccc(Cl)nc1)NCc1ccc(Br)cc1Cl. The molecule has 0 saturated carbocycles. The van der Waals surface area contributed by atoms with Crippen LogP contribution in [0.2, 0.25) is 10.2 Å². The average Bonchev–Trinajstić information content (AvgIpc) is 2.54. The van der Waals surface area contributed by atoms with Crippen molar-refractivity contribution in [1.29, 1.82) is 0 Å². The summed E-state index contributed by atoms with van der Waals surface area (Å²) in [6.45, 7) is 1.35. The van der Waals surface area contributed by atoms with Crippen molar-refractivity contribution < 1.29 is 0 Å². The van der Waals surface area contributed by atoms with Gasteiger partial charge in [0.1, 0.15) is 5.15 Å². The first-order chi connectivity index (χ1) is 11.1. The summed E-state index contributed by atoms with van der Waals surface area (Å²) in [5.41, 5.74) is 2.13. The fourth-order valence-electron chi connectivity index (χ4n) is 1.94. The van der Waals surface area contributed by atoms with E-state index in [1.165, 1.54) is 0 Å². The largest absolute Gasteiger partial charge is 0.356 e. The fourth-order valence-corrected chi connectivity index (χ4v) is 2.80. The second-order valence-electron chi connectivity index (χ2n) is 4.83. The molecule has 0 aliphatic heterocycles. The van der Waals surface area contributed by atoms with Crippen LogP contribution < -0.4 is 10.6 Å². The lowest BCUT2D eigenvalue weighted by molar-refractivity contribution is 0.793. The molecule has 0 saturated heterocycles. The van der Waals surface area contributed by atoms with E-state index >= 15 is 0 Å². The highest BCUT2D eigenvalue weighted by molar-refractivity contribution is 9.10. The number of pyridine rings is 1. The number of halogens is 3. The zero-order valence-corrected chi connectivity index (χ0v) is 15.7. The summed E-state index contributed by atoms with van der Waals surface area (Å²) in [7, 11) is 1.74. The quantitative estimate of drug-likeness (QED) is 0.439. The molecule has 1 heterocycles. The smallest absolute Gasteiger partial charge is 0.191 e. The summed E-state index contributed by atoms with van der Waals surface area (Å²) in [6.07, 6.45) is 2.62. The van der Waals surface area contributed by atoms with Crippen molar-refractivity contribution in [3.8, 4) is 0 Å². The first-order valence-corrected chi connectivity index (χ1v) is 8.62. The summed E-state index contributed by atoms with van der Waals surface area (Å²) in [5, 5.41) is 7.73. The number of guanidine groups is 1. The molecule has 0 spiro atoms.